The highest BCUT2D eigenvalue weighted by Gasteiger charge is 2.15. The van der Waals surface area contributed by atoms with Gasteiger partial charge in [0, 0.05) is 0 Å². The van der Waals surface area contributed by atoms with Crippen LogP contribution >= 0.6 is 0 Å². The van der Waals surface area contributed by atoms with Gasteiger partial charge in [0.2, 0.25) is 0 Å². The zero-order valence-corrected chi connectivity index (χ0v) is 10.8. The standard InChI is InChI=1S/C15H29N/c1-2-6-14(7-3-1)10-12-16-13-11-15-8-4-5-9-15/h14-16H,1-13H2. The van der Waals surface area contributed by atoms with Gasteiger partial charge < -0.3 is 5.32 Å². The Balaban J connectivity index is 1.42. The van der Waals surface area contributed by atoms with Gasteiger partial charge in [-0.15, -0.1) is 0 Å². The van der Waals surface area contributed by atoms with E-state index in [-0.39, 0.29) is 0 Å². The maximum absolute atomic E-state index is 3.66. The fourth-order valence-electron chi connectivity index (χ4n) is 3.51. The first kappa shape index (κ1) is 12.4. The van der Waals surface area contributed by atoms with Crippen LogP contribution in [0.25, 0.3) is 0 Å². The summed E-state index contributed by atoms with van der Waals surface area (Å²) in [5, 5.41) is 3.66. The van der Waals surface area contributed by atoms with Gasteiger partial charge in [0.25, 0.3) is 0 Å². The van der Waals surface area contributed by atoms with Crippen LogP contribution in [-0.2, 0) is 0 Å². The third-order valence-corrected chi connectivity index (χ3v) is 4.66. The molecule has 0 aromatic rings. The summed E-state index contributed by atoms with van der Waals surface area (Å²) < 4.78 is 0. The summed E-state index contributed by atoms with van der Waals surface area (Å²) >= 11 is 0. The number of hydrogen-bond acceptors (Lipinski definition) is 1. The number of hydrogen-bond donors (Lipinski definition) is 1. The van der Waals surface area contributed by atoms with Crippen LogP contribution in [-0.4, -0.2) is 13.1 Å². The predicted molar refractivity (Wildman–Crippen MR) is 70.6 cm³/mol. The van der Waals surface area contributed by atoms with Gasteiger partial charge in [-0.25, -0.2) is 0 Å². The first-order valence-electron chi connectivity index (χ1n) is 7.66. The molecule has 0 aliphatic heterocycles. The average molecular weight is 223 g/mol. The molecular weight excluding hydrogens is 194 g/mol. The fourth-order valence-corrected chi connectivity index (χ4v) is 3.51. The molecule has 16 heavy (non-hydrogen) atoms. The van der Waals surface area contributed by atoms with Crippen molar-refractivity contribution in [2.75, 3.05) is 13.1 Å². The van der Waals surface area contributed by atoms with E-state index < -0.39 is 0 Å². The molecule has 2 saturated carbocycles. The van der Waals surface area contributed by atoms with Gasteiger partial charge in [-0.3, -0.25) is 0 Å². The zero-order valence-electron chi connectivity index (χ0n) is 10.8. The Labute approximate surface area is 101 Å². The summed E-state index contributed by atoms with van der Waals surface area (Å²) in [5.41, 5.74) is 0. The molecule has 0 radical (unpaired) electrons. The summed E-state index contributed by atoms with van der Waals surface area (Å²) in [7, 11) is 0. The fraction of sp³-hybridized carbons (Fsp3) is 1.00. The van der Waals surface area contributed by atoms with Crippen LogP contribution in [0.2, 0.25) is 0 Å². The highest BCUT2D eigenvalue weighted by atomic mass is 14.8. The second kappa shape index (κ2) is 7.32. The van der Waals surface area contributed by atoms with Gasteiger partial charge >= 0.3 is 0 Å². The van der Waals surface area contributed by atoms with Gasteiger partial charge in [-0.1, -0.05) is 57.8 Å². The molecule has 0 atom stereocenters. The molecular formula is C15H29N. The Kier molecular flexibility index (Phi) is 5.68. The summed E-state index contributed by atoms with van der Waals surface area (Å²) in [4.78, 5) is 0. The molecule has 2 aliphatic carbocycles. The SMILES string of the molecule is C1CCC(CCNCCC2CCCC2)CC1. The van der Waals surface area contributed by atoms with E-state index in [0.717, 1.165) is 11.8 Å². The minimum atomic E-state index is 1.05. The van der Waals surface area contributed by atoms with Crippen molar-refractivity contribution in [1.82, 2.24) is 5.32 Å². The summed E-state index contributed by atoms with van der Waals surface area (Å²) in [6.07, 6.45) is 16.4. The number of rotatable bonds is 6. The van der Waals surface area contributed by atoms with Gasteiger partial charge in [-0.05, 0) is 37.8 Å². The molecule has 0 amide bonds. The van der Waals surface area contributed by atoms with Gasteiger partial charge in [-0.2, -0.15) is 0 Å². The van der Waals surface area contributed by atoms with E-state index in [1.807, 2.05) is 0 Å². The first-order chi connectivity index (χ1) is 7.95. The van der Waals surface area contributed by atoms with E-state index in [0.29, 0.717) is 0 Å². The molecule has 0 spiro atoms. The monoisotopic (exact) mass is 223 g/mol. The third kappa shape index (κ3) is 4.45. The van der Waals surface area contributed by atoms with Crippen molar-refractivity contribution in [3.63, 3.8) is 0 Å². The van der Waals surface area contributed by atoms with Crippen molar-refractivity contribution in [1.29, 1.82) is 0 Å². The Hall–Kier alpha value is -0.0400. The second-order valence-electron chi connectivity index (χ2n) is 5.98. The molecule has 0 bridgehead atoms. The molecule has 1 heteroatoms. The molecule has 0 heterocycles. The molecule has 1 nitrogen and oxygen atoms in total. The average Bonchev–Trinajstić information content (AvgIpc) is 2.83. The third-order valence-electron chi connectivity index (χ3n) is 4.66. The molecule has 0 aromatic heterocycles. The molecule has 94 valence electrons. The van der Waals surface area contributed by atoms with E-state index >= 15 is 0 Å². The smallest absolute Gasteiger partial charge is 0.00463 e. The van der Waals surface area contributed by atoms with Crippen LogP contribution in [0.1, 0.15) is 70.6 Å². The van der Waals surface area contributed by atoms with E-state index in [2.05, 4.69) is 5.32 Å². The van der Waals surface area contributed by atoms with Crippen LogP contribution in [0.15, 0.2) is 0 Å². The van der Waals surface area contributed by atoms with Crippen LogP contribution in [0.4, 0.5) is 0 Å². The van der Waals surface area contributed by atoms with Gasteiger partial charge in [0.05, 0.1) is 0 Å². The molecule has 2 rings (SSSR count). The molecule has 0 unspecified atom stereocenters. The van der Waals surface area contributed by atoms with E-state index in [1.165, 1.54) is 83.7 Å². The Bertz CT molecular complexity index is 166. The lowest BCUT2D eigenvalue weighted by Crippen LogP contribution is -2.21. The Morgan fingerprint density at radius 3 is 1.56 bits per heavy atom. The lowest BCUT2D eigenvalue weighted by Gasteiger charge is -2.21. The second-order valence-corrected chi connectivity index (χ2v) is 5.98. The first-order valence-corrected chi connectivity index (χ1v) is 7.66. The normalized spacial score (nSPS) is 24.0. The minimum absolute atomic E-state index is 1.05. The van der Waals surface area contributed by atoms with Gasteiger partial charge in [0.15, 0.2) is 0 Å². The van der Waals surface area contributed by atoms with Crippen LogP contribution < -0.4 is 5.32 Å². The van der Waals surface area contributed by atoms with Crippen LogP contribution in [0.3, 0.4) is 0 Å². The highest BCUT2D eigenvalue weighted by Crippen LogP contribution is 2.27. The molecule has 2 fully saturated rings. The Morgan fingerprint density at radius 1 is 0.625 bits per heavy atom. The molecule has 1 N–H and O–H groups in total. The highest BCUT2D eigenvalue weighted by molar-refractivity contribution is 4.69. The summed E-state index contributed by atoms with van der Waals surface area (Å²) in [6.45, 7) is 2.55. The molecule has 0 aromatic carbocycles. The van der Waals surface area contributed by atoms with Crippen molar-refractivity contribution >= 4 is 0 Å². The topological polar surface area (TPSA) is 12.0 Å². The zero-order chi connectivity index (χ0) is 11.1. The largest absolute Gasteiger partial charge is 0.317 e. The summed E-state index contributed by atoms with van der Waals surface area (Å²) in [5.74, 6) is 2.11. The lowest BCUT2D eigenvalue weighted by molar-refractivity contribution is 0.332. The van der Waals surface area contributed by atoms with Crippen molar-refractivity contribution in [3.8, 4) is 0 Å². The molecule has 2 aliphatic rings. The van der Waals surface area contributed by atoms with E-state index in [4.69, 9.17) is 0 Å². The molecule has 0 saturated heterocycles. The van der Waals surface area contributed by atoms with Crippen molar-refractivity contribution in [2.45, 2.75) is 70.6 Å². The van der Waals surface area contributed by atoms with Crippen molar-refractivity contribution in [3.05, 3.63) is 0 Å². The van der Waals surface area contributed by atoms with Crippen molar-refractivity contribution in [2.24, 2.45) is 11.8 Å². The number of nitrogens with one attached hydrogen (secondary N) is 1. The Morgan fingerprint density at radius 2 is 1.06 bits per heavy atom. The quantitative estimate of drug-likeness (QED) is 0.668. The lowest BCUT2D eigenvalue weighted by atomic mass is 9.87. The van der Waals surface area contributed by atoms with Gasteiger partial charge in [0.1, 0.15) is 0 Å². The maximum Gasteiger partial charge on any atom is -0.00463 e. The van der Waals surface area contributed by atoms with E-state index in [1.54, 1.807) is 0 Å². The van der Waals surface area contributed by atoms with Crippen LogP contribution in [0.5, 0.6) is 0 Å². The van der Waals surface area contributed by atoms with E-state index in [9.17, 15) is 0 Å². The van der Waals surface area contributed by atoms with Crippen LogP contribution in [0, 0.1) is 11.8 Å². The predicted octanol–water partition coefficient (Wildman–Crippen LogP) is 4.13. The summed E-state index contributed by atoms with van der Waals surface area (Å²) in [6, 6.07) is 0. The van der Waals surface area contributed by atoms with Crippen molar-refractivity contribution < 1.29 is 0 Å². The maximum atomic E-state index is 3.66. The minimum Gasteiger partial charge on any atom is -0.317 e.